The Labute approximate surface area is 117 Å². The SMILES string of the molecule is CC(=O)c1cccc(S(=O)(=O)NCc2cn[nH]c2C)c1. The molecular formula is C13H15N3O3S. The van der Waals surface area contributed by atoms with Gasteiger partial charge in [-0.15, -0.1) is 0 Å². The molecule has 2 N–H and O–H groups in total. The minimum atomic E-state index is -3.65. The third kappa shape index (κ3) is 3.12. The van der Waals surface area contributed by atoms with E-state index in [1.807, 2.05) is 6.92 Å². The summed E-state index contributed by atoms with van der Waals surface area (Å²) in [5.41, 5.74) is 1.95. The van der Waals surface area contributed by atoms with Crippen LogP contribution in [0.5, 0.6) is 0 Å². The Hall–Kier alpha value is -1.99. The van der Waals surface area contributed by atoms with Crippen LogP contribution < -0.4 is 4.72 Å². The standard InChI is InChI=1S/C13H15N3O3S/c1-9-12(7-14-16-9)8-15-20(18,19)13-5-3-4-11(6-13)10(2)17/h3-7,15H,8H2,1-2H3,(H,14,16). The van der Waals surface area contributed by atoms with Gasteiger partial charge < -0.3 is 0 Å². The van der Waals surface area contributed by atoms with Crippen LogP contribution in [0.2, 0.25) is 0 Å². The summed E-state index contributed by atoms with van der Waals surface area (Å²) in [5.74, 6) is -0.173. The molecule has 0 spiro atoms. The average Bonchev–Trinajstić information content (AvgIpc) is 2.82. The molecule has 0 bridgehead atoms. The van der Waals surface area contributed by atoms with Crippen LogP contribution in [0.25, 0.3) is 0 Å². The molecular weight excluding hydrogens is 278 g/mol. The summed E-state index contributed by atoms with van der Waals surface area (Å²) < 4.78 is 26.8. The van der Waals surface area contributed by atoms with Crippen LogP contribution in [-0.4, -0.2) is 24.4 Å². The van der Waals surface area contributed by atoms with Gasteiger partial charge in [0.25, 0.3) is 0 Å². The lowest BCUT2D eigenvalue weighted by Crippen LogP contribution is -2.23. The highest BCUT2D eigenvalue weighted by molar-refractivity contribution is 7.89. The number of hydrogen-bond acceptors (Lipinski definition) is 4. The molecule has 106 valence electrons. The lowest BCUT2D eigenvalue weighted by atomic mass is 10.2. The van der Waals surface area contributed by atoms with Crippen LogP contribution in [0.3, 0.4) is 0 Å². The number of Topliss-reactive ketones (excluding diaryl/α,β-unsaturated/α-hetero) is 1. The predicted molar refractivity (Wildman–Crippen MR) is 73.8 cm³/mol. The zero-order chi connectivity index (χ0) is 14.8. The summed E-state index contributed by atoms with van der Waals surface area (Å²) >= 11 is 0. The van der Waals surface area contributed by atoms with Crippen LogP contribution >= 0.6 is 0 Å². The number of benzene rings is 1. The molecule has 7 heteroatoms. The first-order valence-electron chi connectivity index (χ1n) is 5.99. The number of carbonyl (C=O) groups excluding carboxylic acids is 1. The van der Waals surface area contributed by atoms with E-state index in [4.69, 9.17) is 0 Å². The second-order valence-electron chi connectivity index (χ2n) is 4.43. The molecule has 0 aliphatic rings. The molecule has 0 unspecified atom stereocenters. The van der Waals surface area contributed by atoms with Gasteiger partial charge in [0.2, 0.25) is 10.0 Å². The first-order chi connectivity index (χ1) is 9.40. The highest BCUT2D eigenvalue weighted by atomic mass is 32.2. The maximum atomic E-state index is 12.2. The van der Waals surface area contributed by atoms with Crippen molar-refractivity contribution in [2.75, 3.05) is 0 Å². The van der Waals surface area contributed by atoms with Crippen molar-refractivity contribution >= 4 is 15.8 Å². The van der Waals surface area contributed by atoms with E-state index in [0.29, 0.717) is 5.56 Å². The molecule has 6 nitrogen and oxygen atoms in total. The number of H-pyrrole nitrogens is 1. The average molecular weight is 293 g/mol. The fourth-order valence-corrected chi connectivity index (χ4v) is 2.74. The smallest absolute Gasteiger partial charge is 0.240 e. The Morgan fingerprint density at radius 2 is 2.15 bits per heavy atom. The van der Waals surface area contributed by atoms with E-state index < -0.39 is 10.0 Å². The molecule has 0 fully saturated rings. The molecule has 2 aromatic rings. The van der Waals surface area contributed by atoms with Crippen LogP contribution in [-0.2, 0) is 16.6 Å². The minimum absolute atomic E-state index is 0.0753. The van der Waals surface area contributed by atoms with Gasteiger partial charge in [-0.3, -0.25) is 9.89 Å². The molecule has 0 amide bonds. The van der Waals surface area contributed by atoms with Gasteiger partial charge in [-0.25, -0.2) is 13.1 Å². The van der Waals surface area contributed by atoms with E-state index in [0.717, 1.165) is 11.3 Å². The number of aryl methyl sites for hydroxylation is 1. The maximum absolute atomic E-state index is 12.2. The van der Waals surface area contributed by atoms with Crippen molar-refractivity contribution in [3.63, 3.8) is 0 Å². The first-order valence-corrected chi connectivity index (χ1v) is 7.48. The Morgan fingerprint density at radius 1 is 1.40 bits per heavy atom. The lowest BCUT2D eigenvalue weighted by molar-refractivity contribution is 0.101. The van der Waals surface area contributed by atoms with Gasteiger partial charge >= 0.3 is 0 Å². The minimum Gasteiger partial charge on any atom is -0.295 e. The number of nitrogens with one attached hydrogen (secondary N) is 2. The number of rotatable bonds is 5. The van der Waals surface area contributed by atoms with Crippen molar-refractivity contribution in [3.8, 4) is 0 Å². The molecule has 0 saturated heterocycles. The summed E-state index contributed by atoms with van der Waals surface area (Å²) in [6.07, 6.45) is 1.57. The zero-order valence-corrected chi connectivity index (χ0v) is 12.0. The van der Waals surface area contributed by atoms with Gasteiger partial charge in [-0.05, 0) is 26.0 Å². The Morgan fingerprint density at radius 3 is 2.75 bits per heavy atom. The van der Waals surface area contributed by atoms with E-state index in [1.54, 1.807) is 18.3 Å². The largest absolute Gasteiger partial charge is 0.295 e. The summed E-state index contributed by atoms with van der Waals surface area (Å²) in [6.45, 7) is 3.36. The number of hydrogen-bond donors (Lipinski definition) is 2. The monoisotopic (exact) mass is 293 g/mol. The predicted octanol–water partition coefficient (Wildman–Crippen LogP) is 1.40. The molecule has 0 radical (unpaired) electrons. The Kier molecular flexibility index (Phi) is 4.01. The summed E-state index contributed by atoms with van der Waals surface area (Å²) in [7, 11) is -3.65. The van der Waals surface area contributed by atoms with Crippen LogP contribution in [0, 0.1) is 6.92 Å². The topological polar surface area (TPSA) is 91.9 Å². The van der Waals surface area contributed by atoms with E-state index in [-0.39, 0.29) is 17.2 Å². The van der Waals surface area contributed by atoms with Crippen molar-refractivity contribution < 1.29 is 13.2 Å². The number of aromatic nitrogens is 2. The van der Waals surface area contributed by atoms with Gasteiger partial charge in [-0.1, -0.05) is 12.1 Å². The summed E-state index contributed by atoms with van der Waals surface area (Å²) in [6, 6.07) is 5.96. The van der Waals surface area contributed by atoms with Gasteiger partial charge in [0.1, 0.15) is 0 Å². The molecule has 1 heterocycles. The van der Waals surface area contributed by atoms with Gasteiger partial charge in [-0.2, -0.15) is 5.10 Å². The molecule has 0 saturated carbocycles. The van der Waals surface area contributed by atoms with E-state index >= 15 is 0 Å². The molecule has 20 heavy (non-hydrogen) atoms. The fraction of sp³-hybridized carbons (Fsp3) is 0.231. The van der Waals surface area contributed by atoms with Crippen LogP contribution in [0.1, 0.15) is 28.5 Å². The normalized spacial score (nSPS) is 11.5. The van der Waals surface area contributed by atoms with Crippen molar-refractivity contribution in [1.29, 1.82) is 0 Å². The maximum Gasteiger partial charge on any atom is 0.240 e. The molecule has 0 aliphatic carbocycles. The number of sulfonamides is 1. The second-order valence-corrected chi connectivity index (χ2v) is 6.20. The summed E-state index contributed by atoms with van der Waals surface area (Å²) in [5, 5.41) is 6.57. The molecule has 0 aliphatic heterocycles. The van der Waals surface area contributed by atoms with E-state index in [9.17, 15) is 13.2 Å². The quantitative estimate of drug-likeness (QED) is 0.815. The fourth-order valence-electron chi connectivity index (χ4n) is 1.69. The number of nitrogens with zero attached hydrogens (tertiary/aromatic N) is 1. The number of ketones is 1. The van der Waals surface area contributed by atoms with Crippen LogP contribution in [0.4, 0.5) is 0 Å². The van der Waals surface area contributed by atoms with Crippen molar-refractivity contribution in [1.82, 2.24) is 14.9 Å². The second kappa shape index (κ2) is 5.56. The first kappa shape index (κ1) is 14.4. The molecule has 2 rings (SSSR count). The van der Waals surface area contributed by atoms with Gasteiger partial charge in [0.05, 0.1) is 11.1 Å². The molecule has 1 aromatic carbocycles. The van der Waals surface area contributed by atoms with Gasteiger partial charge in [0, 0.05) is 23.4 Å². The Balaban J connectivity index is 2.20. The van der Waals surface area contributed by atoms with E-state index in [1.165, 1.54) is 19.1 Å². The highest BCUT2D eigenvalue weighted by Gasteiger charge is 2.15. The lowest BCUT2D eigenvalue weighted by Gasteiger charge is -2.07. The molecule has 0 atom stereocenters. The third-order valence-electron chi connectivity index (χ3n) is 2.94. The third-order valence-corrected chi connectivity index (χ3v) is 4.34. The zero-order valence-electron chi connectivity index (χ0n) is 11.2. The van der Waals surface area contributed by atoms with Crippen molar-refractivity contribution in [2.24, 2.45) is 0 Å². The number of carbonyl (C=O) groups is 1. The number of aromatic amines is 1. The van der Waals surface area contributed by atoms with Crippen molar-refractivity contribution in [3.05, 3.63) is 47.3 Å². The van der Waals surface area contributed by atoms with Crippen molar-refractivity contribution in [2.45, 2.75) is 25.3 Å². The summed E-state index contributed by atoms with van der Waals surface area (Å²) in [4.78, 5) is 11.4. The van der Waals surface area contributed by atoms with Gasteiger partial charge in [0.15, 0.2) is 5.78 Å². The highest BCUT2D eigenvalue weighted by Crippen LogP contribution is 2.13. The van der Waals surface area contributed by atoms with Crippen LogP contribution in [0.15, 0.2) is 35.4 Å². The van der Waals surface area contributed by atoms with E-state index in [2.05, 4.69) is 14.9 Å². The Bertz CT molecular complexity index is 735. The molecule has 1 aromatic heterocycles.